The van der Waals surface area contributed by atoms with Gasteiger partial charge in [0, 0.05) is 27.9 Å². The second-order valence-electron chi connectivity index (χ2n) is 16.4. The lowest BCUT2D eigenvalue weighted by Crippen LogP contribution is -2.58. The van der Waals surface area contributed by atoms with E-state index in [2.05, 4.69) is 31.9 Å². The van der Waals surface area contributed by atoms with Gasteiger partial charge in [-0.2, -0.15) is 0 Å². The molecule has 0 unspecified atom stereocenters. The molecule has 0 bridgehead atoms. The number of alkyl carbamates (subject to hydrolysis) is 1. The second-order valence-corrected chi connectivity index (χ2v) is 16.4. The first-order valence-corrected chi connectivity index (χ1v) is 25.0. The summed E-state index contributed by atoms with van der Waals surface area (Å²) in [4.78, 5) is 77.1. The highest BCUT2D eigenvalue weighted by Gasteiger charge is 2.30. The van der Waals surface area contributed by atoms with Crippen molar-refractivity contribution in [3.05, 3.63) is 35.9 Å². The standard InChI is InChI=1S/C49H86N6O19/c1-38(2)45(48(60)53-39(3)46(58)52-34-42(56)51-35-44(63-5)64-6)55-47(59)41(54-49(61)74-36-40-12-8-7-9-13-40)14-10-11-15-50-43(57)37-73-33-32-72-31-30-71-29-28-70-27-26-69-25-24-68-23-22-67-21-20-66-19-18-65-17-16-62-4/h7-9,12-13,38-39,41,44-45H,10-11,14-37H2,1-6H3,(H,50,57)(H,51,56)(H,52,58)(H,53,60)(H,54,61)(H,55,59)/t39-,41-,45-/m0/s1. The number of methoxy groups -OCH3 is 3. The van der Waals surface area contributed by atoms with Crippen molar-refractivity contribution < 1.29 is 90.3 Å². The fourth-order valence-electron chi connectivity index (χ4n) is 6.00. The molecule has 0 aromatic heterocycles. The Morgan fingerprint density at radius 1 is 0.500 bits per heavy atom. The van der Waals surface area contributed by atoms with Gasteiger partial charge < -0.3 is 93.5 Å². The van der Waals surface area contributed by atoms with Crippen LogP contribution in [0.3, 0.4) is 0 Å². The normalized spacial score (nSPS) is 12.5. The average molecular weight is 1060 g/mol. The predicted octanol–water partition coefficient (Wildman–Crippen LogP) is -0.140. The molecule has 74 heavy (non-hydrogen) atoms. The topological polar surface area (TPSA) is 295 Å². The van der Waals surface area contributed by atoms with E-state index in [1.165, 1.54) is 21.1 Å². The Morgan fingerprint density at radius 3 is 1.46 bits per heavy atom. The summed E-state index contributed by atoms with van der Waals surface area (Å²) in [6, 6.07) is 5.73. The van der Waals surface area contributed by atoms with Crippen molar-refractivity contribution in [3.63, 3.8) is 0 Å². The number of benzene rings is 1. The van der Waals surface area contributed by atoms with Gasteiger partial charge in [0.05, 0.1) is 132 Å². The molecular weight excluding hydrogens is 977 g/mol. The Morgan fingerprint density at radius 2 is 0.986 bits per heavy atom. The molecular formula is C49H86N6O19. The van der Waals surface area contributed by atoms with Crippen LogP contribution < -0.4 is 31.9 Å². The quantitative estimate of drug-likeness (QED) is 0.0366. The number of rotatable bonds is 49. The second kappa shape index (κ2) is 46.9. The summed E-state index contributed by atoms with van der Waals surface area (Å²) in [7, 11) is 4.47. The van der Waals surface area contributed by atoms with Crippen LogP contribution in [0.1, 0.15) is 45.6 Å². The Balaban J connectivity index is 2.27. The highest BCUT2D eigenvalue weighted by atomic mass is 16.7. The molecule has 0 saturated heterocycles. The third-order valence-corrected chi connectivity index (χ3v) is 10.1. The predicted molar refractivity (Wildman–Crippen MR) is 268 cm³/mol. The van der Waals surface area contributed by atoms with Gasteiger partial charge in [0.2, 0.25) is 29.5 Å². The molecule has 25 nitrogen and oxygen atoms in total. The van der Waals surface area contributed by atoms with Gasteiger partial charge in [-0.1, -0.05) is 44.2 Å². The summed E-state index contributed by atoms with van der Waals surface area (Å²) in [6.45, 7) is 12.5. The summed E-state index contributed by atoms with van der Waals surface area (Å²) in [5.74, 6) is -3.19. The first-order chi connectivity index (χ1) is 35.9. The maximum Gasteiger partial charge on any atom is 0.408 e. The van der Waals surface area contributed by atoms with Gasteiger partial charge in [0.25, 0.3) is 0 Å². The van der Waals surface area contributed by atoms with Crippen molar-refractivity contribution in [1.82, 2.24) is 31.9 Å². The lowest BCUT2D eigenvalue weighted by molar-refractivity contribution is -0.134. The monoisotopic (exact) mass is 1060 g/mol. The molecule has 3 atom stereocenters. The van der Waals surface area contributed by atoms with Crippen molar-refractivity contribution in [2.45, 2.75) is 71.1 Å². The maximum atomic E-state index is 13.7. The molecule has 6 N–H and O–H groups in total. The molecule has 0 spiro atoms. The molecule has 0 aliphatic heterocycles. The number of carbonyl (C=O) groups is 6. The molecule has 0 radical (unpaired) electrons. The highest BCUT2D eigenvalue weighted by molar-refractivity contribution is 5.94. The van der Waals surface area contributed by atoms with E-state index in [0.717, 1.165) is 5.56 Å². The van der Waals surface area contributed by atoms with Crippen molar-refractivity contribution in [3.8, 4) is 0 Å². The third-order valence-electron chi connectivity index (χ3n) is 10.1. The number of ether oxygens (including phenoxy) is 13. The molecule has 426 valence electrons. The molecule has 1 aromatic carbocycles. The van der Waals surface area contributed by atoms with Gasteiger partial charge in [-0.05, 0) is 37.7 Å². The van der Waals surface area contributed by atoms with Gasteiger partial charge in [0.15, 0.2) is 6.29 Å². The maximum absolute atomic E-state index is 13.7. The van der Waals surface area contributed by atoms with E-state index in [-0.39, 0.29) is 58.4 Å². The van der Waals surface area contributed by atoms with Gasteiger partial charge in [-0.25, -0.2) is 4.79 Å². The van der Waals surface area contributed by atoms with E-state index in [1.807, 2.05) is 6.07 Å². The van der Waals surface area contributed by atoms with Crippen LogP contribution in [0.2, 0.25) is 0 Å². The summed E-state index contributed by atoms with van der Waals surface area (Å²) in [6.07, 6.45) is -0.503. The first-order valence-electron chi connectivity index (χ1n) is 25.0. The van der Waals surface area contributed by atoms with E-state index < -0.39 is 60.1 Å². The summed E-state index contributed by atoms with van der Waals surface area (Å²) in [5.41, 5.74) is 0.742. The van der Waals surface area contributed by atoms with Gasteiger partial charge >= 0.3 is 6.09 Å². The van der Waals surface area contributed by atoms with Crippen LogP contribution in [0.15, 0.2) is 30.3 Å². The average Bonchev–Trinajstić information content (AvgIpc) is 3.39. The number of amides is 6. The molecule has 25 heteroatoms. The van der Waals surface area contributed by atoms with E-state index >= 15 is 0 Å². The molecule has 1 aromatic rings. The van der Waals surface area contributed by atoms with Crippen molar-refractivity contribution in [1.29, 1.82) is 0 Å². The SMILES string of the molecule is COCCOCCOCCOCCOCCOCCOCCOCCOCCOCC(=O)NCCCC[C@H](NC(=O)OCc1ccccc1)C(=O)N[C@H](C(=O)N[C@@H](C)C(=O)NCC(=O)NCC(OC)OC)C(C)C. The Labute approximate surface area is 436 Å². The van der Waals surface area contributed by atoms with Crippen molar-refractivity contribution in [2.24, 2.45) is 5.92 Å². The summed E-state index contributed by atoms with van der Waals surface area (Å²) >= 11 is 0. The lowest BCUT2D eigenvalue weighted by Gasteiger charge is -2.26. The summed E-state index contributed by atoms with van der Waals surface area (Å²) in [5, 5.41) is 15.6. The molecule has 0 saturated carbocycles. The van der Waals surface area contributed by atoms with Crippen LogP contribution in [0, 0.1) is 5.92 Å². The van der Waals surface area contributed by atoms with E-state index in [1.54, 1.807) is 45.2 Å². The van der Waals surface area contributed by atoms with Gasteiger partial charge in [-0.15, -0.1) is 0 Å². The zero-order valence-electron chi connectivity index (χ0n) is 44.4. The van der Waals surface area contributed by atoms with Crippen LogP contribution in [-0.2, 0) is 92.2 Å². The third kappa shape index (κ3) is 38.0. The molecule has 0 heterocycles. The smallest absolute Gasteiger partial charge is 0.408 e. The molecule has 0 fully saturated rings. The van der Waals surface area contributed by atoms with E-state index in [4.69, 9.17) is 61.6 Å². The fraction of sp³-hybridized carbons (Fsp3) is 0.755. The molecule has 1 rings (SSSR count). The van der Waals surface area contributed by atoms with Crippen LogP contribution in [0.25, 0.3) is 0 Å². The van der Waals surface area contributed by atoms with E-state index in [0.29, 0.717) is 119 Å². The van der Waals surface area contributed by atoms with E-state index in [9.17, 15) is 28.8 Å². The Kier molecular flexibility index (Phi) is 42.7. The van der Waals surface area contributed by atoms with Gasteiger partial charge in [0.1, 0.15) is 31.3 Å². The molecule has 6 amide bonds. The Bertz CT molecular complexity index is 1600. The minimum absolute atomic E-state index is 0.0354. The van der Waals surface area contributed by atoms with Crippen LogP contribution >= 0.6 is 0 Å². The largest absolute Gasteiger partial charge is 0.445 e. The molecule has 0 aliphatic carbocycles. The fourth-order valence-corrected chi connectivity index (χ4v) is 6.00. The van der Waals surface area contributed by atoms with Crippen molar-refractivity contribution >= 4 is 35.6 Å². The Hall–Kier alpha value is -4.64. The van der Waals surface area contributed by atoms with Crippen molar-refractivity contribution in [2.75, 3.05) is 166 Å². The molecule has 0 aliphatic rings. The highest BCUT2D eigenvalue weighted by Crippen LogP contribution is 2.08. The number of nitrogens with one attached hydrogen (secondary N) is 6. The minimum Gasteiger partial charge on any atom is -0.445 e. The zero-order chi connectivity index (χ0) is 54.3. The number of carbonyl (C=O) groups excluding carboxylic acids is 6. The number of unbranched alkanes of at least 4 members (excludes halogenated alkanes) is 1. The number of hydrogen-bond acceptors (Lipinski definition) is 19. The zero-order valence-corrected chi connectivity index (χ0v) is 44.4. The van der Waals surface area contributed by atoms with Crippen LogP contribution in [0.4, 0.5) is 4.79 Å². The van der Waals surface area contributed by atoms with Crippen LogP contribution in [0.5, 0.6) is 0 Å². The first kappa shape index (κ1) is 67.4. The number of hydrogen-bond donors (Lipinski definition) is 6. The minimum atomic E-state index is -1.11. The lowest BCUT2D eigenvalue weighted by atomic mass is 10.0. The summed E-state index contributed by atoms with van der Waals surface area (Å²) < 4.78 is 69.3. The van der Waals surface area contributed by atoms with Gasteiger partial charge in [-0.3, -0.25) is 24.0 Å². The van der Waals surface area contributed by atoms with Crippen LogP contribution in [-0.4, -0.2) is 227 Å².